The molecule has 0 aliphatic carbocycles. The smallest absolute Gasteiger partial charge is 0.333 e. The summed E-state index contributed by atoms with van der Waals surface area (Å²) in [5.41, 5.74) is 2.64. The highest BCUT2D eigenvalue weighted by atomic mass is 79.9. The van der Waals surface area contributed by atoms with Gasteiger partial charge in [0.2, 0.25) is 0 Å². The van der Waals surface area contributed by atoms with Crippen LogP contribution in [0.4, 0.5) is 0 Å². The second kappa shape index (κ2) is 5.85. The highest BCUT2D eigenvalue weighted by Crippen LogP contribution is 2.21. The first kappa shape index (κ1) is 13.0. The molecule has 0 N–H and O–H groups in total. The van der Waals surface area contributed by atoms with Gasteiger partial charge < -0.3 is 4.74 Å². The Kier molecular flexibility index (Phi) is 4.74. The number of ether oxygens (including phenoxy) is 1. The van der Waals surface area contributed by atoms with Crippen molar-refractivity contribution in [2.24, 2.45) is 0 Å². The van der Waals surface area contributed by atoms with E-state index in [9.17, 15) is 4.79 Å². The minimum Gasteiger partial charge on any atom is -0.463 e. The first-order valence-corrected chi connectivity index (χ1v) is 5.96. The Morgan fingerprint density at radius 2 is 1.81 bits per heavy atom. The lowest BCUT2D eigenvalue weighted by atomic mass is 10.0. The third-order valence-corrected chi connectivity index (χ3v) is 2.95. The standard InChI is InChI=1S/C13H15BrO2/c1-4-16-13(15)10(3)9(2)11-5-7-12(14)8-6-11/h5-8H,4H2,1-3H3. The lowest BCUT2D eigenvalue weighted by molar-refractivity contribution is -0.138. The van der Waals surface area contributed by atoms with Gasteiger partial charge in [0.25, 0.3) is 0 Å². The summed E-state index contributed by atoms with van der Waals surface area (Å²) in [4.78, 5) is 11.5. The lowest BCUT2D eigenvalue weighted by Gasteiger charge is -2.07. The van der Waals surface area contributed by atoms with Crippen molar-refractivity contribution >= 4 is 27.5 Å². The molecule has 16 heavy (non-hydrogen) atoms. The second-order valence-corrected chi connectivity index (χ2v) is 4.39. The zero-order chi connectivity index (χ0) is 12.1. The summed E-state index contributed by atoms with van der Waals surface area (Å²) in [7, 11) is 0. The molecule has 2 nitrogen and oxygen atoms in total. The molecule has 0 amide bonds. The topological polar surface area (TPSA) is 26.3 Å². The summed E-state index contributed by atoms with van der Waals surface area (Å²) >= 11 is 3.38. The molecule has 3 heteroatoms. The van der Waals surface area contributed by atoms with E-state index in [2.05, 4.69) is 15.9 Å². The number of carbonyl (C=O) groups is 1. The Hall–Kier alpha value is -1.09. The summed E-state index contributed by atoms with van der Waals surface area (Å²) < 4.78 is 5.99. The van der Waals surface area contributed by atoms with Crippen molar-refractivity contribution in [1.82, 2.24) is 0 Å². The molecule has 0 bridgehead atoms. The fourth-order valence-corrected chi connectivity index (χ4v) is 1.57. The van der Waals surface area contributed by atoms with Crippen LogP contribution < -0.4 is 0 Å². The van der Waals surface area contributed by atoms with Crippen molar-refractivity contribution in [3.05, 3.63) is 39.9 Å². The molecular weight excluding hydrogens is 268 g/mol. The van der Waals surface area contributed by atoms with Gasteiger partial charge in [0.05, 0.1) is 6.61 Å². The quantitative estimate of drug-likeness (QED) is 0.623. The maximum absolute atomic E-state index is 11.5. The zero-order valence-electron chi connectivity index (χ0n) is 9.71. The van der Waals surface area contributed by atoms with Gasteiger partial charge >= 0.3 is 5.97 Å². The van der Waals surface area contributed by atoms with E-state index in [0.29, 0.717) is 12.2 Å². The average molecular weight is 283 g/mol. The van der Waals surface area contributed by atoms with Crippen LogP contribution in [0.2, 0.25) is 0 Å². The maximum Gasteiger partial charge on any atom is 0.333 e. The van der Waals surface area contributed by atoms with Crippen LogP contribution in [0, 0.1) is 0 Å². The Balaban J connectivity index is 2.99. The van der Waals surface area contributed by atoms with E-state index in [1.807, 2.05) is 31.2 Å². The van der Waals surface area contributed by atoms with Crippen LogP contribution in [0.1, 0.15) is 26.3 Å². The Morgan fingerprint density at radius 1 is 1.25 bits per heavy atom. The molecule has 1 aromatic rings. The van der Waals surface area contributed by atoms with Gasteiger partial charge in [0, 0.05) is 10.0 Å². The third-order valence-electron chi connectivity index (χ3n) is 2.42. The molecule has 0 aliphatic rings. The zero-order valence-corrected chi connectivity index (χ0v) is 11.3. The highest BCUT2D eigenvalue weighted by molar-refractivity contribution is 9.10. The second-order valence-electron chi connectivity index (χ2n) is 3.48. The number of allylic oxidation sites excluding steroid dienone is 1. The summed E-state index contributed by atoms with van der Waals surface area (Å²) in [6.07, 6.45) is 0. The van der Waals surface area contributed by atoms with E-state index in [1.54, 1.807) is 13.8 Å². The minimum absolute atomic E-state index is 0.247. The van der Waals surface area contributed by atoms with E-state index < -0.39 is 0 Å². The Labute approximate surface area is 104 Å². The molecule has 0 heterocycles. The van der Waals surface area contributed by atoms with E-state index >= 15 is 0 Å². The molecule has 0 spiro atoms. The predicted octanol–water partition coefficient (Wildman–Crippen LogP) is 3.81. The number of hydrogen-bond acceptors (Lipinski definition) is 2. The molecule has 86 valence electrons. The number of hydrogen-bond donors (Lipinski definition) is 0. The monoisotopic (exact) mass is 282 g/mol. The summed E-state index contributed by atoms with van der Waals surface area (Å²) in [5, 5.41) is 0. The van der Waals surface area contributed by atoms with Gasteiger partial charge in [-0.2, -0.15) is 0 Å². The average Bonchev–Trinajstić information content (AvgIpc) is 2.28. The van der Waals surface area contributed by atoms with Crippen LogP contribution >= 0.6 is 15.9 Å². The van der Waals surface area contributed by atoms with Crippen molar-refractivity contribution in [3.63, 3.8) is 0 Å². The summed E-state index contributed by atoms with van der Waals surface area (Å²) in [6, 6.07) is 7.86. The van der Waals surface area contributed by atoms with Gasteiger partial charge in [0.1, 0.15) is 0 Å². The van der Waals surface area contributed by atoms with Crippen molar-refractivity contribution in [2.75, 3.05) is 6.61 Å². The minimum atomic E-state index is -0.247. The van der Waals surface area contributed by atoms with Crippen LogP contribution in [-0.4, -0.2) is 12.6 Å². The van der Waals surface area contributed by atoms with Gasteiger partial charge in [-0.25, -0.2) is 4.79 Å². The van der Waals surface area contributed by atoms with Crippen LogP contribution in [0.3, 0.4) is 0 Å². The first-order chi connectivity index (χ1) is 7.56. The van der Waals surface area contributed by atoms with Gasteiger partial charge in [-0.3, -0.25) is 0 Å². The molecule has 0 unspecified atom stereocenters. The van der Waals surface area contributed by atoms with Gasteiger partial charge in [0.15, 0.2) is 0 Å². The molecule has 0 radical (unpaired) electrons. The predicted molar refractivity (Wildman–Crippen MR) is 69.0 cm³/mol. The number of rotatable bonds is 3. The van der Waals surface area contributed by atoms with Crippen LogP contribution in [-0.2, 0) is 9.53 Å². The van der Waals surface area contributed by atoms with Crippen molar-refractivity contribution < 1.29 is 9.53 Å². The van der Waals surface area contributed by atoms with Crippen molar-refractivity contribution in [2.45, 2.75) is 20.8 Å². The molecule has 0 aromatic heterocycles. The number of benzene rings is 1. The van der Waals surface area contributed by atoms with E-state index in [-0.39, 0.29) is 5.97 Å². The number of halogens is 1. The first-order valence-electron chi connectivity index (χ1n) is 5.16. The van der Waals surface area contributed by atoms with Gasteiger partial charge in [-0.1, -0.05) is 28.1 Å². The van der Waals surface area contributed by atoms with Crippen molar-refractivity contribution in [3.8, 4) is 0 Å². The third kappa shape index (κ3) is 3.20. The Bertz CT molecular complexity index is 404. The van der Waals surface area contributed by atoms with Gasteiger partial charge in [-0.05, 0) is 44.0 Å². The molecule has 1 aromatic carbocycles. The molecule has 0 saturated heterocycles. The van der Waals surface area contributed by atoms with E-state index in [0.717, 1.165) is 15.6 Å². The maximum atomic E-state index is 11.5. The largest absolute Gasteiger partial charge is 0.463 e. The number of carbonyl (C=O) groups excluding carboxylic acids is 1. The SMILES string of the molecule is CCOC(=O)C(C)=C(C)c1ccc(Br)cc1. The van der Waals surface area contributed by atoms with Crippen LogP contribution in [0.25, 0.3) is 5.57 Å². The fraction of sp³-hybridized carbons (Fsp3) is 0.308. The fourth-order valence-electron chi connectivity index (χ4n) is 1.31. The summed E-state index contributed by atoms with van der Waals surface area (Å²) in [6.45, 7) is 5.93. The Morgan fingerprint density at radius 3 is 2.31 bits per heavy atom. The molecule has 1 rings (SSSR count). The molecule has 0 aliphatic heterocycles. The van der Waals surface area contributed by atoms with Crippen LogP contribution in [0.5, 0.6) is 0 Å². The van der Waals surface area contributed by atoms with Crippen molar-refractivity contribution in [1.29, 1.82) is 0 Å². The normalized spacial score (nSPS) is 12.0. The van der Waals surface area contributed by atoms with E-state index in [4.69, 9.17) is 4.74 Å². The summed E-state index contributed by atoms with van der Waals surface area (Å²) in [5.74, 6) is -0.247. The highest BCUT2D eigenvalue weighted by Gasteiger charge is 2.09. The van der Waals surface area contributed by atoms with Crippen LogP contribution in [0.15, 0.2) is 34.3 Å². The molecular formula is C13H15BrO2. The number of esters is 1. The molecule has 0 saturated carbocycles. The molecule has 0 atom stereocenters. The van der Waals surface area contributed by atoms with Gasteiger partial charge in [-0.15, -0.1) is 0 Å². The molecule has 0 fully saturated rings. The van der Waals surface area contributed by atoms with E-state index in [1.165, 1.54) is 0 Å². The lowest BCUT2D eigenvalue weighted by Crippen LogP contribution is -2.06.